The predicted molar refractivity (Wildman–Crippen MR) is 69.2 cm³/mol. The van der Waals surface area contributed by atoms with Gasteiger partial charge in [0.05, 0.1) is 13.0 Å². The van der Waals surface area contributed by atoms with E-state index in [2.05, 4.69) is 4.74 Å². The van der Waals surface area contributed by atoms with E-state index in [1.807, 2.05) is 13.8 Å². The number of hydrogen-bond donors (Lipinski definition) is 0. The number of rotatable bonds is 9. The number of carbonyl (C=O) groups is 2. The number of nitrogens with zero attached hydrogens (tertiary/aromatic N) is 1. The quantitative estimate of drug-likeness (QED) is 0.464. The van der Waals surface area contributed by atoms with Crippen LogP contribution >= 0.6 is 0 Å². The SMILES string of the molecule is CCOCCCN(CC(C)C(=O)OC)C(=O)CC. The Morgan fingerprint density at radius 1 is 1.28 bits per heavy atom. The molecule has 0 aromatic carbocycles. The molecule has 106 valence electrons. The van der Waals surface area contributed by atoms with E-state index in [0.29, 0.717) is 32.7 Å². The van der Waals surface area contributed by atoms with Crippen LogP contribution in [-0.2, 0) is 19.1 Å². The molecule has 5 heteroatoms. The normalized spacial score (nSPS) is 12.0. The van der Waals surface area contributed by atoms with Gasteiger partial charge >= 0.3 is 5.97 Å². The van der Waals surface area contributed by atoms with Gasteiger partial charge in [-0.2, -0.15) is 0 Å². The lowest BCUT2D eigenvalue weighted by Gasteiger charge is -2.24. The topological polar surface area (TPSA) is 55.8 Å². The van der Waals surface area contributed by atoms with Gasteiger partial charge in [-0.05, 0) is 13.3 Å². The van der Waals surface area contributed by atoms with Gasteiger partial charge in [0, 0.05) is 32.7 Å². The minimum Gasteiger partial charge on any atom is -0.469 e. The van der Waals surface area contributed by atoms with Crippen LogP contribution in [0.1, 0.15) is 33.6 Å². The summed E-state index contributed by atoms with van der Waals surface area (Å²) in [5, 5.41) is 0. The Bertz CT molecular complexity index is 255. The summed E-state index contributed by atoms with van der Waals surface area (Å²) in [6, 6.07) is 0. The molecule has 0 N–H and O–H groups in total. The predicted octanol–water partition coefficient (Wildman–Crippen LogP) is 1.46. The molecule has 0 aromatic heterocycles. The van der Waals surface area contributed by atoms with Crippen molar-refractivity contribution < 1.29 is 19.1 Å². The van der Waals surface area contributed by atoms with Gasteiger partial charge < -0.3 is 14.4 Å². The highest BCUT2D eigenvalue weighted by molar-refractivity contribution is 5.77. The zero-order chi connectivity index (χ0) is 14.0. The van der Waals surface area contributed by atoms with Crippen LogP contribution in [0.15, 0.2) is 0 Å². The molecule has 0 spiro atoms. The Morgan fingerprint density at radius 3 is 2.44 bits per heavy atom. The van der Waals surface area contributed by atoms with E-state index >= 15 is 0 Å². The van der Waals surface area contributed by atoms with Gasteiger partial charge in [-0.3, -0.25) is 9.59 Å². The fraction of sp³-hybridized carbons (Fsp3) is 0.846. The first-order chi connectivity index (χ1) is 8.56. The molecule has 18 heavy (non-hydrogen) atoms. The Balaban J connectivity index is 4.22. The van der Waals surface area contributed by atoms with E-state index in [0.717, 1.165) is 6.42 Å². The van der Waals surface area contributed by atoms with Crippen molar-refractivity contribution in [3.63, 3.8) is 0 Å². The van der Waals surface area contributed by atoms with Crippen LogP contribution in [0.5, 0.6) is 0 Å². The third kappa shape index (κ3) is 6.59. The molecule has 0 aliphatic heterocycles. The molecule has 1 atom stereocenters. The molecule has 5 nitrogen and oxygen atoms in total. The van der Waals surface area contributed by atoms with Gasteiger partial charge in [0.25, 0.3) is 0 Å². The molecule has 0 aliphatic carbocycles. The second kappa shape index (κ2) is 9.88. The number of methoxy groups -OCH3 is 1. The summed E-state index contributed by atoms with van der Waals surface area (Å²) in [6.07, 6.45) is 1.23. The highest BCUT2D eigenvalue weighted by Crippen LogP contribution is 2.05. The summed E-state index contributed by atoms with van der Waals surface area (Å²) >= 11 is 0. The zero-order valence-corrected chi connectivity index (χ0v) is 11.9. The Hall–Kier alpha value is -1.10. The molecular weight excluding hydrogens is 234 g/mol. The molecule has 0 radical (unpaired) electrons. The van der Waals surface area contributed by atoms with Gasteiger partial charge in [0.2, 0.25) is 5.91 Å². The highest BCUT2D eigenvalue weighted by atomic mass is 16.5. The van der Waals surface area contributed by atoms with Gasteiger partial charge in [-0.25, -0.2) is 0 Å². The zero-order valence-electron chi connectivity index (χ0n) is 11.9. The Labute approximate surface area is 109 Å². The second-order valence-corrected chi connectivity index (χ2v) is 4.17. The van der Waals surface area contributed by atoms with Crippen LogP contribution in [0.3, 0.4) is 0 Å². The lowest BCUT2D eigenvalue weighted by Crippen LogP contribution is -2.37. The maximum atomic E-state index is 11.8. The smallest absolute Gasteiger partial charge is 0.310 e. The van der Waals surface area contributed by atoms with Crippen LogP contribution in [0, 0.1) is 5.92 Å². The van der Waals surface area contributed by atoms with Crippen molar-refractivity contribution in [2.45, 2.75) is 33.6 Å². The monoisotopic (exact) mass is 259 g/mol. The number of hydrogen-bond acceptors (Lipinski definition) is 4. The molecule has 0 aliphatic rings. The number of amides is 1. The largest absolute Gasteiger partial charge is 0.469 e. The molecule has 0 saturated heterocycles. The van der Waals surface area contributed by atoms with Crippen LogP contribution in [0.4, 0.5) is 0 Å². The van der Waals surface area contributed by atoms with Gasteiger partial charge in [-0.15, -0.1) is 0 Å². The fourth-order valence-corrected chi connectivity index (χ4v) is 1.65. The number of carbonyl (C=O) groups excluding carboxylic acids is 2. The van der Waals surface area contributed by atoms with Gasteiger partial charge in [0.1, 0.15) is 0 Å². The van der Waals surface area contributed by atoms with E-state index in [1.54, 1.807) is 11.8 Å². The fourth-order valence-electron chi connectivity index (χ4n) is 1.65. The molecule has 0 fully saturated rings. The van der Waals surface area contributed by atoms with E-state index in [1.165, 1.54) is 7.11 Å². The molecule has 1 amide bonds. The van der Waals surface area contributed by atoms with Crippen molar-refractivity contribution in [1.29, 1.82) is 0 Å². The maximum absolute atomic E-state index is 11.8. The highest BCUT2D eigenvalue weighted by Gasteiger charge is 2.20. The molecule has 1 unspecified atom stereocenters. The van der Waals surface area contributed by atoms with Crippen LogP contribution in [0.25, 0.3) is 0 Å². The van der Waals surface area contributed by atoms with Crippen LogP contribution < -0.4 is 0 Å². The van der Waals surface area contributed by atoms with Crippen molar-refractivity contribution in [3.8, 4) is 0 Å². The molecular formula is C13H25NO4. The summed E-state index contributed by atoms with van der Waals surface area (Å²) in [6.45, 7) is 7.87. The number of ether oxygens (including phenoxy) is 2. The lowest BCUT2D eigenvalue weighted by molar-refractivity contribution is -0.146. The average molecular weight is 259 g/mol. The first-order valence-electron chi connectivity index (χ1n) is 6.50. The summed E-state index contributed by atoms with van der Waals surface area (Å²) in [4.78, 5) is 24.8. The number of esters is 1. The molecule has 0 aromatic rings. The summed E-state index contributed by atoms with van der Waals surface area (Å²) < 4.78 is 9.91. The lowest BCUT2D eigenvalue weighted by atomic mass is 10.1. The van der Waals surface area contributed by atoms with E-state index in [4.69, 9.17) is 4.74 Å². The third-order valence-electron chi connectivity index (χ3n) is 2.67. The van der Waals surface area contributed by atoms with E-state index in [-0.39, 0.29) is 17.8 Å². The molecule has 0 heterocycles. The van der Waals surface area contributed by atoms with Gasteiger partial charge in [0.15, 0.2) is 0 Å². The third-order valence-corrected chi connectivity index (χ3v) is 2.67. The first-order valence-corrected chi connectivity index (χ1v) is 6.50. The van der Waals surface area contributed by atoms with Gasteiger partial charge in [-0.1, -0.05) is 13.8 Å². The summed E-state index contributed by atoms with van der Waals surface area (Å²) in [5.74, 6) is -0.520. The van der Waals surface area contributed by atoms with Crippen molar-refractivity contribution >= 4 is 11.9 Å². The van der Waals surface area contributed by atoms with E-state index in [9.17, 15) is 9.59 Å². The van der Waals surface area contributed by atoms with Crippen LogP contribution in [-0.4, -0.2) is 50.2 Å². The molecule has 0 saturated carbocycles. The second-order valence-electron chi connectivity index (χ2n) is 4.17. The van der Waals surface area contributed by atoms with Crippen molar-refractivity contribution in [3.05, 3.63) is 0 Å². The van der Waals surface area contributed by atoms with Crippen molar-refractivity contribution in [2.24, 2.45) is 5.92 Å². The minimum atomic E-state index is -0.294. The first kappa shape index (κ1) is 16.9. The Morgan fingerprint density at radius 2 is 1.94 bits per heavy atom. The minimum absolute atomic E-state index is 0.0576. The summed E-state index contributed by atoms with van der Waals surface area (Å²) in [7, 11) is 1.36. The average Bonchev–Trinajstić information content (AvgIpc) is 2.39. The molecule has 0 rings (SSSR count). The standard InChI is InChI=1S/C13H25NO4/c1-5-12(15)14(8-7-9-18-6-2)10-11(3)13(16)17-4/h11H,5-10H2,1-4H3. The van der Waals surface area contributed by atoms with Crippen LogP contribution in [0.2, 0.25) is 0 Å². The Kier molecular flexibility index (Phi) is 9.28. The summed E-state index contributed by atoms with van der Waals surface area (Å²) in [5.41, 5.74) is 0. The van der Waals surface area contributed by atoms with E-state index < -0.39 is 0 Å². The maximum Gasteiger partial charge on any atom is 0.310 e. The molecule has 0 bridgehead atoms. The van der Waals surface area contributed by atoms with Crippen molar-refractivity contribution in [1.82, 2.24) is 4.90 Å². The van der Waals surface area contributed by atoms with Crippen molar-refractivity contribution in [2.75, 3.05) is 33.4 Å².